The number of aromatic nitrogens is 2. The lowest BCUT2D eigenvalue weighted by Gasteiger charge is -2.26. The van der Waals surface area contributed by atoms with Crippen LogP contribution in [0.15, 0.2) is 5.16 Å². The van der Waals surface area contributed by atoms with Crippen molar-refractivity contribution >= 4 is 17.7 Å². The first-order chi connectivity index (χ1) is 9.91. The molecule has 2 rings (SSSR count). The zero-order chi connectivity index (χ0) is 15.6. The van der Waals surface area contributed by atoms with Gasteiger partial charge < -0.3 is 9.47 Å². The van der Waals surface area contributed by atoms with Gasteiger partial charge in [-0.15, -0.1) is 0 Å². The molecule has 0 spiro atoms. The molecule has 1 aliphatic rings. The maximum absolute atomic E-state index is 12.1. The summed E-state index contributed by atoms with van der Waals surface area (Å²) in [6.07, 6.45) is 6.43. The van der Waals surface area contributed by atoms with Crippen LogP contribution in [0.2, 0.25) is 0 Å². The van der Waals surface area contributed by atoms with Crippen molar-refractivity contribution in [3.63, 3.8) is 0 Å². The van der Waals surface area contributed by atoms with Gasteiger partial charge in [0.1, 0.15) is 0 Å². The van der Waals surface area contributed by atoms with Gasteiger partial charge >= 0.3 is 0 Å². The van der Waals surface area contributed by atoms with Crippen LogP contribution in [0.25, 0.3) is 0 Å². The number of hydrogen-bond donors (Lipinski definition) is 0. The first-order valence-corrected chi connectivity index (χ1v) is 8.73. The fourth-order valence-electron chi connectivity index (χ4n) is 3.02. The molecule has 4 nitrogen and oxygen atoms in total. The van der Waals surface area contributed by atoms with E-state index in [1.54, 1.807) is 16.7 Å². The number of thioether (sulfide) groups is 1. The largest absolute Gasteiger partial charge is 0.348 e. The van der Waals surface area contributed by atoms with Crippen LogP contribution in [0.4, 0.5) is 0 Å². The average molecular weight is 309 g/mol. The molecule has 0 saturated heterocycles. The molecule has 0 aromatic carbocycles. The number of hydrogen-bond acceptors (Lipinski definition) is 3. The number of aryl methyl sites for hydroxylation is 1. The molecule has 0 aliphatic heterocycles. The number of rotatable bonds is 4. The summed E-state index contributed by atoms with van der Waals surface area (Å²) < 4.78 is 2.39. The number of carbonyl (C=O) groups is 1. The zero-order valence-electron chi connectivity index (χ0n) is 13.8. The third-order valence-electron chi connectivity index (χ3n) is 4.36. The smallest absolute Gasteiger partial charge is 0.235 e. The Bertz CT molecular complexity index is 504. The Labute approximate surface area is 132 Å². The summed E-state index contributed by atoms with van der Waals surface area (Å²) in [6, 6.07) is 0.559. The molecule has 118 valence electrons. The predicted octanol–water partition coefficient (Wildman–Crippen LogP) is 3.57. The van der Waals surface area contributed by atoms with E-state index >= 15 is 0 Å². The van der Waals surface area contributed by atoms with E-state index in [9.17, 15) is 4.79 Å². The number of nitrogens with zero attached hydrogens (tertiary/aromatic N) is 3. The fraction of sp³-hybridized carbons (Fsp3) is 0.750. The summed E-state index contributed by atoms with van der Waals surface area (Å²) in [4.78, 5) is 18.5. The highest BCUT2D eigenvalue weighted by Gasteiger charge is 2.25. The van der Waals surface area contributed by atoms with Crippen molar-refractivity contribution in [1.82, 2.24) is 14.5 Å². The number of imidazole rings is 1. The second kappa shape index (κ2) is 6.86. The van der Waals surface area contributed by atoms with Gasteiger partial charge in [0.15, 0.2) is 5.16 Å². The van der Waals surface area contributed by atoms with Crippen LogP contribution in [0, 0.1) is 13.8 Å². The summed E-state index contributed by atoms with van der Waals surface area (Å²) in [5.74, 6) is 0.147. The van der Waals surface area contributed by atoms with Gasteiger partial charge in [-0.1, -0.05) is 31.0 Å². The third-order valence-corrected chi connectivity index (χ3v) is 5.42. The van der Waals surface area contributed by atoms with Gasteiger partial charge in [-0.05, 0) is 33.6 Å². The van der Waals surface area contributed by atoms with E-state index in [2.05, 4.69) is 18.4 Å². The minimum absolute atomic E-state index is 0.0939. The van der Waals surface area contributed by atoms with Crippen molar-refractivity contribution < 1.29 is 4.79 Å². The van der Waals surface area contributed by atoms with Gasteiger partial charge in [0.25, 0.3) is 0 Å². The minimum Gasteiger partial charge on any atom is -0.348 e. The molecule has 21 heavy (non-hydrogen) atoms. The molecule has 1 amide bonds. The highest BCUT2D eigenvalue weighted by molar-refractivity contribution is 8.00. The molecule has 1 fully saturated rings. The molecule has 1 aromatic rings. The molecule has 1 heterocycles. The van der Waals surface area contributed by atoms with Crippen molar-refractivity contribution in [2.24, 2.45) is 0 Å². The molecule has 1 aromatic heterocycles. The van der Waals surface area contributed by atoms with Crippen LogP contribution in [-0.4, -0.2) is 39.7 Å². The first kappa shape index (κ1) is 16.4. The molecular formula is C16H27N3OS. The summed E-state index contributed by atoms with van der Waals surface area (Å²) in [5, 5.41) is 0.920. The quantitative estimate of drug-likeness (QED) is 0.798. The number of amides is 1. The van der Waals surface area contributed by atoms with Crippen LogP contribution in [0.1, 0.15) is 56.5 Å². The Morgan fingerprint density at radius 3 is 2.48 bits per heavy atom. The lowest BCUT2D eigenvalue weighted by Crippen LogP contribution is -2.30. The molecular weight excluding hydrogens is 282 g/mol. The molecule has 1 atom stereocenters. The summed E-state index contributed by atoms with van der Waals surface area (Å²) in [6.45, 7) is 6.19. The van der Waals surface area contributed by atoms with E-state index in [1.165, 1.54) is 37.8 Å². The molecule has 0 bridgehead atoms. The molecule has 0 N–H and O–H groups in total. The Morgan fingerprint density at radius 1 is 1.29 bits per heavy atom. The van der Waals surface area contributed by atoms with Crippen molar-refractivity contribution in [3.8, 4) is 0 Å². The highest BCUT2D eigenvalue weighted by atomic mass is 32.2. The van der Waals surface area contributed by atoms with Gasteiger partial charge in [-0.25, -0.2) is 4.98 Å². The summed E-state index contributed by atoms with van der Waals surface area (Å²) >= 11 is 1.60. The second-order valence-electron chi connectivity index (χ2n) is 6.22. The molecule has 1 saturated carbocycles. The minimum atomic E-state index is -0.0939. The third kappa shape index (κ3) is 3.62. The predicted molar refractivity (Wildman–Crippen MR) is 87.8 cm³/mol. The number of carbonyl (C=O) groups excluding carboxylic acids is 1. The Hall–Kier alpha value is -0.970. The van der Waals surface area contributed by atoms with Gasteiger partial charge in [0, 0.05) is 25.8 Å². The topological polar surface area (TPSA) is 38.1 Å². The normalized spacial score (nSPS) is 17.8. The van der Waals surface area contributed by atoms with Gasteiger partial charge in [0.05, 0.1) is 10.9 Å². The van der Waals surface area contributed by atoms with Crippen molar-refractivity contribution in [2.45, 2.75) is 69.3 Å². The van der Waals surface area contributed by atoms with E-state index in [0.717, 1.165) is 10.9 Å². The van der Waals surface area contributed by atoms with Gasteiger partial charge in [-0.2, -0.15) is 0 Å². The first-order valence-electron chi connectivity index (χ1n) is 7.85. The molecule has 5 heteroatoms. The highest BCUT2D eigenvalue weighted by Crippen LogP contribution is 2.35. The van der Waals surface area contributed by atoms with Gasteiger partial charge in [0.2, 0.25) is 5.91 Å². The van der Waals surface area contributed by atoms with Gasteiger partial charge in [-0.3, -0.25) is 4.79 Å². The standard InChI is InChI=1S/C16H27N3OS/c1-11-12(2)19(14-9-7-6-8-10-14)16(17-11)21-13(3)15(20)18(4)5/h13-14H,6-10H2,1-5H3. The van der Waals surface area contributed by atoms with E-state index < -0.39 is 0 Å². The van der Waals surface area contributed by atoms with E-state index in [0.29, 0.717) is 6.04 Å². The van der Waals surface area contributed by atoms with Crippen molar-refractivity contribution in [1.29, 1.82) is 0 Å². The van der Waals surface area contributed by atoms with Crippen LogP contribution < -0.4 is 0 Å². The van der Waals surface area contributed by atoms with E-state index in [-0.39, 0.29) is 11.2 Å². The van der Waals surface area contributed by atoms with Crippen LogP contribution >= 0.6 is 11.8 Å². The van der Waals surface area contributed by atoms with Crippen LogP contribution in [0.3, 0.4) is 0 Å². The van der Waals surface area contributed by atoms with Crippen molar-refractivity contribution in [3.05, 3.63) is 11.4 Å². The lowest BCUT2D eigenvalue weighted by molar-refractivity contribution is -0.127. The van der Waals surface area contributed by atoms with E-state index in [1.807, 2.05) is 21.0 Å². The molecule has 0 radical (unpaired) electrons. The second-order valence-corrected chi connectivity index (χ2v) is 7.53. The lowest BCUT2D eigenvalue weighted by atomic mass is 9.95. The van der Waals surface area contributed by atoms with Crippen LogP contribution in [-0.2, 0) is 4.79 Å². The zero-order valence-corrected chi connectivity index (χ0v) is 14.7. The summed E-state index contributed by atoms with van der Waals surface area (Å²) in [5.41, 5.74) is 2.35. The monoisotopic (exact) mass is 309 g/mol. The van der Waals surface area contributed by atoms with Crippen LogP contribution in [0.5, 0.6) is 0 Å². The maximum atomic E-state index is 12.1. The average Bonchev–Trinajstić information content (AvgIpc) is 2.73. The Balaban J connectivity index is 2.23. The Morgan fingerprint density at radius 2 is 1.90 bits per heavy atom. The van der Waals surface area contributed by atoms with Crippen molar-refractivity contribution in [2.75, 3.05) is 14.1 Å². The fourth-order valence-corrected chi connectivity index (χ4v) is 4.24. The summed E-state index contributed by atoms with van der Waals surface area (Å²) in [7, 11) is 3.62. The van der Waals surface area contributed by atoms with E-state index in [4.69, 9.17) is 4.98 Å². The SMILES string of the molecule is Cc1nc(SC(C)C(=O)N(C)C)n(C2CCCCC2)c1C. The maximum Gasteiger partial charge on any atom is 0.235 e. The Kier molecular flexibility index (Phi) is 5.36. The molecule has 1 aliphatic carbocycles. The molecule has 1 unspecified atom stereocenters.